The molecule has 0 unspecified atom stereocenters. The molecule has 2 aliphatic rings. The number of hydrogen-bond donors (Lipinski definition) is 0. The highest BCUT2D eigenvalue weighted by molar-refractivity contribution is 6.05. The van der Waals surface area contributed by atoms with Crippen LogP contribution in [0.25, 0.3) is 0 Å². The summed E-state index contributed by atoms with van der Waals surface area (Å²) in [5, 5.41) is 0. The summed E-state index contributed by atoms with van der Waals surface area (Å²) < 4.78 is 0. The van der Waals surface area contributed by atoms with Crippen LogP contribution in [0.3, 0.4) is 0 Å². The Balaban J connectivity index is 2.37. The molecule has 0 saturated carbocycles. The second kappa shape index (κ2) is 10.4. The van der Waals surface area contributed by atoms with Gasteiger partial charge in [-0.25, -0.2) is 0 Å². The van der Waals surface area contributed by atoms with Gasteiger partial charge in [0, 0.05) is 12.0 Å². The van der Waals surface area contributed by atoms with Crippen LogP contribution in [0.1, 0.15) is 20.3 Å². The predicted octanol–water partition coefficient (Wildman–Crippen LogP) is 4.52. The van der Waals surface area contributed by atoms with Crippen LogP contribution < -0.4 is 0 Å². The van der Waals surface area contributed by atoms with Gasteiger partial charge in [0.25, 0.3) is 0 Å². The Morgan fingerprint density at radius 1 is 0.704 bits per heavy atom. The maximum Gasteiger partial charge on any atom is 0.182 e. The molecule has 0 amide bonds. The molecule has 0 heterocycles. The standard InChI is InChI=1S/C25H20O2/c1-20-9-3-4-10-21(2)12-8-16-25(27)23-14-6-5-13-22(19-23)17-18-24(26)15-7-11-20/h5-8,11-18H,19H2,1-2H3/b15-7-,16-8+,18-17+,20-11?,21-12+. The average Bonchev–Trinajstić information content (AvgIpc) is 2.88. The monoisotopic (exact) mass is 352 g/mol. The zero-order chi connectivity index (χ0) is 19.5. The second-order valence-corrected chi connectivity index (χ2v) is 6.01. The van der Waals surface area contributed by atoms with Gasteiger partial charge in [-0.05, 0) is 60.6 Å². The van der Waals surface area contributed by atoms with E-state index < -0.39 is 0 Å². The zero-order valence-corrected chi connectivity index (χ0v) is 15.5. The maximum absolute atomic E-state index is 12.4. The third-order valence-corrected chi connectivity index (χ3v) is 3.67. The molecule has 2 nitrogen and oxygen atoms in total. The molecule has 0 aromatic heterocycles. The zero-order valence-electron chi connectivity index (χ0n) is 15.5. The van der Waals surface area contributed by atoms with E-state index >= 15 is 0 Å². The van der Waals surface area contributed by atoms with Crippen molar-refractivity contribution in [3.63, 3.8) is 0 Å². The van der Waals surface area contributed by atoms with Gasteiger partial charge < -0.3 is 0 Å². The number of carbonyl (C=O) groups excluding carboxylic acids is 2. The van der Waals surface area contributed by atoms with Gasteiger partial charge in [0.2, 0.25) is 0 Å². The van der Waals surface area contributed by atoms with Crippen LogP contribution in [-0.4, -0.2) is 11.6 Å². The van der Waals surface area contributed by atoms with Crippen LogP contribution in [0.15, 0.2) is 95.2 Å². The largest absolute Gasteiger partial charge is 0.290 e. The summed E-state index contributed by atoms with van der Waals surface area (Å²) in [7, 11) is 0. The Bertz CT molecular complexity index is 992. The average molecular weight is 352 g/mol. The Hall–Kier alpha value is -3.62. The van der Waals surface area contributed by atoms with Crippen LogP contribution in [0.2, 0.25) is 0 Å². The van der Waals surface area contributed by atoms with E-state index in [1.807, 2.05) is 32.1 Å². The Morgan fingerprint density at radius 2 is 1.33 bits per heavy atom. The molecule has 2 rings (SSSR count). The first-order valence-electron chi connectivity index (χ1n) is 8.59. The lowest BCUT2D eigenvalue weighted by atomic mass is 10.0. The molecule has 0 aliphatic heterocycles. The van der Waals surface area contributed by atoms with Gasteiger partial charge in [-0.15, -0.1) is 0 Å². The van der Waals surface area contributed by atoms with Gasteiger partial charge in [-0.2, -0.15) is 0 Å². The predicted molar refractivity (Wildman–Crippen MR) is 110 cm³/mol. The number of carbonyl (C=O) groups is 2. The minimum Gasteiger partial charge on any atom is -0.290 e. The van der Waals surface area contributed by atoms with Crippen LogP contribution in [0, 0.1) is 23.7 Å². The molecule has 0 aromatic carbocycles. The molecule has 0 fully saturated rings. The lowest BCUT2D eigenvalue weighted by molar-refractivity contribution is -0.111. The lowest BCUT2D eigenvalue weighted by Gasteiger charge is -2.02. The summed E-state index contributed by atoms with van der Waals surface area (Å²) in [5.41, 5.74) is 3.19. The SMILES string of the molecule is CC1=C/C=C\C(=O)/C=C/C2=CC=CC=C(C2)C(=O)/C=C/C=C(\C)C#CC#C1. The van der Waals surface area contributed by atoms with Crippen molar-refractivity contribution in [3.05, 3.63) is 95.2 Å². The molecule has 2 bridgehead atoms. The first-order chi connectivity index (χ1) is 13.0. The molecule has 132 valence electrons. The van der Waals surface area contributed by atoms with E-state index in [2.05, 4.69) is 23.7 Å². The Labute approximate surface area is 160 Å². The van der Waals surface area contributed by atoms with Crippen molar-refractivity contribution >= 4 is 11.6 Å². The molecule has 0 spiro atoms. The van der Waals surface area contributed by atoms with Crippen molar-refractivity contribution in [1.82, 2.24) is 0 Å². The molecule has 0 radical (unpaired) electrons. The van der Waals surface area contributed by atoms with Crippen LogP contribution in [0.5, 0.6) is 0 Å². The van der Waals surface area contributed by atoms with Crippen molar-refractivity contribution in [3.8, 4) is 23.7 Å². The summed E-state index contributed by atoms with van der Waals surface area (Å²) in [6.07, 6.45) is 21.0. The molecule has 2 aliphatic carbocycles. The summed E-state index contributed by atoms with van der Waals surface area (Å²) in [6.45, 7) is 3.72. The van der Waals surface area contributed by atoms with E-state index in [0.29, 0.717) is 12.0 Å². The Kier molecular flexibility index (Phi) is 7.58. The van der Waals surface area contributed by atoms with E-state index in [1.54, 1.807) is 36.5 Å². The minimum absolute atomic E-state index is 0.0679. The highest BCUT2D eigenvalue weighted by Gasteiger charge is 2.08. The van der Waals surface area contributed by atoms with Crippen molar-refractivity contribution in [2.24, 2.45) is 0 Å². The van der Waals surface area contributed by atoms with E-state index in [0.717, 1.165) is 16.7 Å². The number of fused-ring (bicyclic) bond motifs is 2. The quantitative estimate of drug-likeness (QED) is 0.601. The van der Waals surface area contributed by atoms with Crippen LogP contribution in [-0.2, 0) is 9.59 Å². The van der Waals surface area contributed by atoms with E-state index in [-0.39, 0.29) is 11.6 Å². The molecule has 27 heavy (non-hydrogen) atoms. The number of hydrogen-bond acceptors (Lipinski definition) is 2. The van der Waals surface area contributed by atoms with E-state index in [9.17, 15) is 9.59 Å². The van der Waals surface area contributed by atoms with E-state index in [1.165, 1.54) is 18.2 Å². The maximum atomic E-state index is 12.4. The third-order valence-electron chi connectivity index (χ3n) is 3.67. The minimum atomic E-state index is -0.129. The molecule has 2 heteroatoms. The normalized spacial score (nSPS) is 23.0. The molecule has 0 N–H and O–H groups in total. The molecular weight excluding hydrogens is 332 g/mol. The third kappa shape index (κ3) is 7.43. The molecule has 0 aromatic rings. The topological polar surface area (TPSA) is 34.1 Å². The summed E-state index contributed by atoms with van der Waals surface area (Å²) in [6, 6.07) is 0. The van der Waals surface area contributed by atoms with Crippen molar-refractivity contribution in [2.45, 2.75) is 20.3 Å². The fourth-order valence-corrected chi connectivity index (χ4v) is 2.23. The van der Waals surface area contributed by atoms with Gasteiger partial charge in [0.15, 0.2) is 11.6 Å². The van der Waals surface area contributed by atoms with Gasteiger partial charge in [-0.1, -0.05) is 66.5 Å². The number of allylic oxidation sites excluding steroid dienone is 16. The number of ketones is 2. The van der Waals surface area contributed by atoms with E-state index in [4.69, 9.17) is 0 Å². The summed E-state index contributed by atoms with van der Waals surface area (Å²) in [5.74, 6) is 11.2. The van der Waals surface area contributed by atoms with Gasteiger partial charge in [0.05, 0.1) is 0 Å². The fourth-order valence-electron chi connectivity index (χ4n) is 2.23. The van der Waals surface area contributed by atoms with Crippen molar-refractivity contribution in [2.75, 3.05) is 0 Å². The first kappa shape index (κ1) is 19.7. The van der Waals surface area contributed by atoms with Crippen molar-refractivity contribution < 1.29 is 9.59 Å². The molecule has 0 atom stereocenters. The molecule has 0 saturated heterocycles. The highest BCUT2D eigenvalue weighted by atomic mass is 16.1. The smallest absolute Gasteiger partial charge is 0.182 e. The van der Waals surface area contributed by atoms with Gasteiger partial charge >= 0.3 is 0 Å². The van der Waals surface area contributed by atoms with Crippen molar-refractivity contribution in [1.29, 1.82) is 0 Å². The fraction of sp³-hybridized carbons (Fsp3) is 0.120. The van der Waals surface area contributed by atoms with Gasteiger partial charge in [-0.3, -0.25) is 9.59 Å². The first-order valence-corrected chi connectivity index (χ1v) is 8.59. The number of rotatable bonds is 0. The Morgan fingerprint density at radius 3 is 2.04 bits per heavy atom. The lowest BCUT2D eigenvalue weighted by Crippen LogP contribution is -1.99. The van der Waals surface area contributed by atoms with Gasteiger partial charge in [0.1, 0.15) is 0 Å². The summed E-state index contributed by atoms with van der Waals surface area (Å²) >= 11 is 0. The molecular formula is C25H20O2. The summed E-state index contributed by atoms with van der Waals surface area (Å²) in [4.78, 5) is 24.4. The highest BCUT2D eigenvalue weighted by Crippen LogP contribution is 2.17. The van der Waals surface area contributed by atoms with Crippen LogP contribution in [0.4, 0.5) is 0 Å². The van der Waals surface area contributed by atoms with Crippen LogP contribution >= 0.6 is 0 Å². The second-order valence-electron chi connectivity index (χ2n) is 6.01.